The number of aryl methyl sites for hydroxylation is 1. The molecule has 1 aromatic heterocycles. The van der Waals surface area contributed by atoms with E-state index in [1.165, 1.54) is 14.2 Å². The molecule has 0 spiro atoms. The number of methoxy groups -OCH3 is 2. The molecule has 0 bridgehead atoms. The number of para-hydroxylation sites is 1. The van der Waals surface area contributed by atoms with Crippen LogP contribution in [0.2, 0.25) is 0 Å². The smallest absolute Gasteiger partial charge is 0.338 e. The first-order chi connectivity index (χ1) is 13.3. The zero-order valence-corrected chi connectivity index (χ0v) is 16.3. The van der Waals surface area contributed by atoms with Crippen LogP contribution in [0.25, 0.3) is 10.9 Å². The number of nitrogens with one attached hydrogen (secondary N) is 1. The maximum Gasteiger partial charge on any atom is 0.338 e. The standard InChI is InChI=1S/C21H21NO6/c1-10-7-6-8-13-9-14(19(23)22-18(10)13)17-15(20(24)26-4)11(2)28-12(3)16(17)21(25)27-5/h6-9,17H,1-5H3,(H,22,23). The Balaban J connectivity index is 2.35. The molecule has 1 aromatic carbocycles. The van der Waals surface area contributed by atoms with Crippen molar-refractivity contribution in [1.82, 2.24) is 4.98 Å². The summed E-state index contributed by atoms with van der Waals surface area (Å²) < 4.78 is 15.4. The summed E-state index contributed by atoms with van der Waals surface area (Å²) in [7, 11) is 2.47. The Kier molecular flexibility index (Phi) is 5.09. The van der Waals surface area contributed by atoms with Crippen molar-refractivity contribution < 1.29 is 23.8 Å². The van der Waals surface area contributed by atoms with Gasteiger partial charge in [0, 0.05) is 5.56 Å². The van der Waals surface area contributed by atoms with Crippen LogP contribution in [-0.2, 0) is 23.8 Å². The van der Waals surface area contributed by atoms with Gasteiger partial charge in [-0.05, 0) is 37.8 Å². The number of carbonyl (C=O) groups is 2. The van der Waals surface area contributed by atoms with Crippen LogP contribution in [-0.4, -0.2) is 31.1 Å². The van der Waals surface area contributed by atoms with E-state index in [-0.39, 0.29) is 28.2 Å². The van der Waals surface area contributed by atoms with E-state index in [0.717, 1.165) is 10.9 Å². The molecule has 0 saturated heterocycles. The number of aromatic amines is 1. The highest BCUT2D eigenvalue weighted by Gasteiger charge is 2.40. The zero-order chi connectivity index (χ0) is 20.6. The summed E-state index contributed by atoms with van der Waals surface area (Å²) in [5, 5.41) is 0.782. The maximum absolute atomic E-state index is 13.0. The number of pyridine rings is 1. The minimum atomic E-state index is -0.970. The summed E-state index contributed by atoms with van der Waals surface area (Å²) >= 11 is 0. The Morgan fingerprint density at radius 3 is 2.11 bits per heavy atom. The van der Waals surface area contributed by atoms with Crippen LogP contribution >= 0.6 is 0 Å². The molecule has 0 aliphatic carbocycles. The molecule has 0 saturated carbocycles. The molecule has 0 fully saturated rings. The SMILES string of the molecule is COC(=O)C1=C(C)OC(C)=C(C(=O)OC)C1c1cc2cccc(C)c2[nH]c1=O. The molecule has 28 heavy (non-hydrogen) atoms. The van der Waals surface area contributed by atoms with E-state index in [0.29, 0.717) is 5.52 Å². The second kappa shape index (κ2) is 7.34. The first-order valence-electron chi connectivity index (χ1n) is 8.68. The summed E-state index contributed by atoms with van der Waals surface area (Å²) in [5.41, 5.74) is 1.62. The minimum Gasteiger partial charge on any atom is -0.466 e. The molecule has 1 aliphatic rings. The highest BCUT2D eigenvalue weighted by atomic mass is 16.5. The number of hydrogen-bond acceptors (Lipinski definition) is 6. The van der Waals surface area contributed by atoms with E-state index in [2.05, 4.69) is 4.98 Å². The predicted octanol–water partition coefficient (Wildman–Crippen LogP) is 2.84. The van der Waals surface area contributed by atoms with Gasteiger partial charge in [-0.3, -0.25) is 4.79 Å². The Labute approximate surface area is 161 Å². The first-order valence-corrected chi connectivity index (χ1v) is 8.68. The van der Waals surface area contributed by atoms with Gasteiger partial charge in [-0.2, -0.15) is 0 Å². The van der Waals surface area contributed by atoms with Gasteiger partial charge in [0.05, 0.1) is 36.8 Å². The summed E-state index contributed by atoms with van der Waals surface area (Å²) in [4.78, 5) is 40.8. The Bertz CT molecular complexity index is 1070. The van der Waals surface area contributed by atoms with Gasteiger partial charge < -0.3 is 19.2 Å². The number of fused-ring (bicyclic) bond motifs is 1. The van der Waals surface area contributed by atoms with Crippen LogP contribution in [0.3, 0.4) is 0 Å². The van der Waals surface area contributed by atoms with Crippen LogP contribution in [0.5, 0.6) is 0 Å². The topological polar surface area (TPSA) is 94.7 Å². The van der Waals surface area contributed by atoms with Gasteiger partial charge in [-0.15, -0.1) is 0 Å². The van der Waals surface area contributed by atoms with Gasteiger partial charge in [0.2, 0.25) is 0 Å². The molecular weight excluding hydrogens is 362 g/mol. The van der Waals surface area contributed by atoms with Gasteiger partial charge in [0.25, 0.3) is 5.56 Å². The number of rotatable bonds is 3. The zero-order valence-electron chi connectivity index (χ0n) is 16.3. The van der Waals surface area contributed by atoms with E-state index in [1.54, 1.807) is 19.9 Å². The highest BCUT2D eigenvalue weighted by Crippen LogP contribution is 2.40. The van der Waals surface area contributed by atoms with E-state index >= 15 is 0 Å². The molecule has 7 heteroatoms. The van der Waals surface area contributed by atoms with E-state index in [4.69, 9.17) is 14.2 Å². The van der Waals surface area contributed by atoms with Crippen molar-refractivity contribution in [2.45, 2.75) is 26.7 Å². The lowest BCUT2D eigenvalue weighted by Crippen LogP contribution is -2.30. The Morgan fingerprint density at radius 1 is 1.00 bits per heavy atom. The number of benzene rings is 1. The molecular formula is C21H21NO6. The first kappa shape index (κ1) is 19.4. The lowest BCUT2D eigenvalue weighted by molar-refractivity contribution is -0.137. The number of aromatic nitrogens is 1. The Hall–Kier alpha value is -3.35. The van der Waals surface area contributed by atoms with Crippen molar-refractivity contribution in [2.24, 2.45) is 0 Å². The quantitative estimate of drug-likeness (QED) is 0.819. The summed E-state index contributed by atoms with van der Waals surface area (Å²) in [6.07, 6.45) is 0. The molecule has 3 rings (SSSR count). The molecule has 1 N–H and O–H groups in total. The lowest BCUT2D eigenvalue weighted by Gasteiger charge is -2.28. The molecule has 2 heterocycles. The van der Waals surface area contributed by atoms with Crippen molar-refractivity contribution >= 4 is 22.8 Å². The average Bonchev–Trinajstić information content (AvgIpc) is 2.66. The largest absolute Gasteiger partial charge is 0.466 e. The third-order valence-electron chi connectivity index (χ3n) is 4.88. The Morgan fingerprint density at radius 2 is 1.57 bits per heavy atom. The molecule has 1 aliphatic heterocycles. The number of H-pyrrole nitrogens is 1. The minimum absolute atomic E-state index is 0.0889. The fourth-order valence-corrected chi connectivity index (χ4v) is 3.56. The molecule has 0 unspecified atom stereocenters. The van der Waals surface area contributed by atoms with Crippen molar-refractivity contribution in [3.8, 4) is 0 Å². The van der Waals surface area contributed by atoms with E-state index in [1.807, 2.05) is 25.1 Å². The van der Waals surface area contributed by atoms with Gasteiger partial charge in [-0.25, -0.2) is 9.59 Å². The average molecular weight is 383 g/mol. The summed E-state index contributed by atoms with van der Waals surface area (Å²) in [6, 6.07) is 7.29. The third kappa shape index (κ3) is 3.09. The predicted molar refractivity (Wildman–Crippen MR) is 103 cm³/mol. The second-order valence-electron chi connectivity index (χ2n) is 6.55. The maximum atomic E-state index is 13.0. The van der Waals surface area contributed by atoms with Gasteiger partial charge in [0.1, 0.15) is 11.5 Å². The third-order valence-corrected chi connectivity index (χ3v) is 4.88. The van der Waals surface area contributed by atoms with Crippen LogP contribution in [0.15, 0.2) is 51.7 Å². The van der Waals surface area contributed by atoms with Gasteiger partial charge in [-0.1, -0.05) is 18.2 Å². The van der Waals surface area contributed by atoms with Crippen LogP contribution < -0.4 is 5.56 Å². The summed E-state index contributed by atoms with van der Waals surface area (Å²) in [6.45, 7) is 5.08. The second-order valence-corrected chi connectivity index (χ2v) is 6.55. The monoisotopic (exact) mass is 383 g/mol. The lowest BCUT2D eigenvalue weighted by atomic mass is 9.82. The number of carbonyl (C=O) groups excluding carboxylic acids is 2. The number of esters is 2. The molecule has 146 valence electrons. The number of hydrogen-bond donors (Lipinski definition) is 1. The van der Waals surface area contributed by atoms with Crippen molar-refractivity contribution in [3.63, 3.8) is 0 Å². The highest BCUT2D eigenvalue weighted by molar-refractivity contribution is 5.99. The number of ether oxygens (including phenoxy) is 3. The fourth-order valence-electron chi connectivity index (χ4n) is 3.56. The van der Waals surface area contributed by atoms with Gasteiger partial charge >= 0.3 is 11.9 Å². The number of allylic oxidation sites excluding steroid dienone is 2. The molecule has 0 radical (unpaired) electrons. The van der Waals surface area contributed by atoms with E-state index < -0.39 is 23.4 Å². The van der Waals surface area contributed by atoms with Crippen LogP contribution in [0.4, 0.5) is 0 Å². The van der Waals surface area contributed by atoms with E-state index in [9.17, 15) is 14.4 Å². The molecule has 0 amide bonds. The molecule has 0 atom stereocenters. The van der Waals surface area contributed by atoms with Crippen molar-refractivity contribution in [2.75, 3.05) is 14.2 Å². The normalized spacial score (nSPS) is 14.9. The summed E-state index contributed by atoms with van der Waals surface area (Å²) in [5.74, 6) is -1.79. The van der Waals surface area contributed by atoms with Crippen molar-refractivity contribution in [3.05, 3.63) is 68.4 Å². The van der Waals surface area contributed by atoms with Crippen molar-refractivity contribution in [1.29, 1.82) is 0 Å². The van der Waals surface area contributed by atoms with Crippen LogP contribution in [0.1, 0.15) is 30.9 Å². The molecule has 7 nitrogen and oxygen atoms in total. The van der Waals surface area contributed by atoms with Gasteiger partial charge in [0.15, 0.2) is 0 Å². The fraction of sp³-hybridized carbons (Fsp3) is 0.286. The molecule has 2 aromatic rings. The van der Waals surface area contributed by atoms with Crippen LogP contribution in [0, 0.1) is 6.92 Å².